The van der Waals surface area contributed by atoms with Crippen LogP contribution in [-0.2, 0) is 19.5 Å². The fourth-order valence-corrected chi connectivity index (χ4v) is 6.23. The number of hydrogen-bond donors (Lipinski definition) is 3. The third-order valence-corrected chi connectivity index (χ3v) is 7.98. The van der Waals surface area contributed by atoms with E-state index in [9.17, 15) is 18.0 Å². The van der Waals surface area contributed by atoms with Gasteiger partial charge in [-0.3, -0.25) is 5.32 Å². The van der Waals surface area contributed by atoms with E-state index >= 15 is 0 Å². The number of aromatic nitrogens is 1. The van der Waals surface area contributed by atoms with E-state index in [0.29, 0.717) is 16.1 Å². The van der Waals surface area contributed by atoms with Crippen LogP contribution in [0.5, 0.6) is 0 Å². The molecule has 10 nitrogen and oxygen atoms in total. The predicted octanol–water partition coefficient (Wildman–Crippen LogP) is 4.88. The summed E-state index contributed by atoms with van der Waals surface area (Å²) in [5, 5.41) is 11.9. The zero-order chi connectivity index (χ0) is 26.6. The summed E-state index contributed by atoms with van der Waals surface area (Å²) in [4.78, 5) is 29.2. The molecule has 12 heteroatoms. The molecule has 1 aromatic carbocycles. The third kappa shape index (κ3) is 7.40. The van der Waals surface area contributed by atoms with Crippen LogP contribution in [0.3, 0.4) is 0 Å². The summed E-state index contributed by atoms with van der Waals surface area (Å²) in [6, 6.07) is 4.62. The second kappa shape index (κ2) is 11.6. The third-order valence-electron chi connectivity index (χ3n) is 5.68. The van der Waals surface area contributed by atoms with Crippen molar-refractivity contribution in [3.05, 3.63) is 28.9 Å². The van der Waals surface area contributed by atoms with Crippen LogP contribution in [-0.4, -0.2) is 43.8 Å². The van der Waals surface area contributed by atoms with Crippen molar-refractivity contribution in [2.45, 2.75) is 89.4 Å². The molecular formula is C24H34N4O6S2. The predicted molar refractivity (Wildman–Crippen MR) is 139 cm³/mol. The molecule has 0 radical (unpaired) electrons. The zero-order valence-electron chi connectivity index (χ0n) is 21.2. The average molecular weight is 539 g/mol. The van der Waals surface area contributed by atoms with Crippen molar-refractivity contribution >= 4 is 39.2 Å². The standard InChI is InChI=1S/C24H34N4O6S2/c1-13(2)33-23(29)27-17-8-6-16(7-9-17)22-26-15(5)21(35-22)19-11-10-18(12-20(19)36(25,31)32)28-24(30)34-14(3)4/h10-14,16-17H,6-9H2,1-5H3,(H,27,29)(H,28,30)(H2,25,31,32). The van der Waals surface area contributed by atoms with Crippen LogP contribution in [0.2, 0.25) is 0 Å². The lowest BCUT2D eigenvalue weighted by molar-refractivity contribution is 0.109. The fraction of sp³-hybridized carbons (Fsp3) is 0.542. The van der Waals surface area contributed by atoms with Crippen LogP contribution >= 0.6 is 11.3 Å². The van der Waals surface area contributed by atoms with Crippen molar-refractivity contribution in [1.82, 2.24) is 10.3 Å². The Balaban J connectivity index is 1.78. The molecule has 0 bridgehead atoms. The van der Waals surface area contributed by atoms with Crippen LogP contribution in [0.15, 0.2) is 23.1 Å². The summed E-state index contributed by atoms with van der Waals surface area (Å²) < 4.78 is 35.1. The van der Waals surface area contributed by atoms with Crippen molar-refractivity contribution in [3.63, 3.8) is 0 Å². The smallest absolute Gasteiger partial charge is 0.411 e. The number of hydrogen-bond acceptors (Lipinski definition) is 8. The minimum atomic E-state index is -4.09. The molecule has 1 saturated carbocycles. The maximum absolute atomic E-state index is 12.4. The van der Waals surface area contributed by atoms with Crippen molar-refractivity contribution in [2.75, 3.05) is 5.32 Å². The summed E-state index contributed by atoms with van der Waals surface area (Å²) in [7, 11) is -4.09. The molecule has 198 valence electrons. The van der Waals surface area contributed by atoms with E-state index < -0.39 is 22.2 Å². The molecule has 3 rings (SSSR count). The number of primary sulfonamides is 1. The normalized spacial score (nSPS) is 18.2. The SMILES string of the molecule is Cc1nc(C2CCC(NC(=O)OC(C)C)CC2)sc1-c1ccc(NC(=O)OC(C)C)cc1S(N)(=O)=O. The minimum absolute atomic E-state index is 0.0597. The molecular weight excluding hydrogens is 504 g/mol. The number of nitrogens with two attached hydrogens (primary N) is 1. The summed E-state index contributed by atoms with van der Waals surface area (Å²) in [5.74, 6) is 0.214. The maximum Gasteiger partial charge on any atom is 0.411 e. The number of amides is 2. The molecule has 1 aliphatic carbocycles. The molecule has 0 aliphatic heterocycles. The highest BCUT2D eigenvalue weighted by molar-refractivity contribution is 7.89. The number of carbonyl (C=O) groups excluding carboxylic acids is 2. The molecule has 4 N–H and O–H groups in total. The molecule has 0 saturated heterocycles. The first kappa shape index (κ1) is 27.9. The van der Waals surface area contributed by atoms with Crippen molar-refractivity contribution in [2.24, 2.45) is 5.14 Å². The van der Waals surface area contributed by atoms with Gasteiger partial charge in [0.1, 0.15) is 0 Å². The second-order valence-electron chi connectivity index (χ2n) is 9.45. The van der Waals surface area contributed by atoms with E-state index in [1.54, 1.807) is 26.0 Å². The average Bonchev–Trinajstić information content (AvgIpc) is 3.14. The maximum atomic E-state index is 12.4. The Labute approximate surface area is 216 Å². The first-order chi connectivity index (χ1) is 16.8. The molecule has 0 atom stereocenters. The van der Waals surface area contributed by atoms with Gasteiger partial charge in [0.05, 0.1) is 32.7 Å². The van der Waals surface area contributed by atoms with E-state index in [-0.39, 0.29) is 34.8 Å². The van der Waals surface area contributed by atoms with Gasteiger partial charge in [-0.15, -0.1) is 11.3 Å². The lowest BCUT2D eigenvalue weighted by atomic mass is 9.86. The number of sulfonamides is 1. The number of benzene rings is 1. The summed E-state index contributed by atoms with van der Waals surface area (Å²) >= 11 is 1.45. The van der Waals surface area contributed by atoms with Crippen molar-refractivity contribution < 1.29 is 27.5 Å². The van der Waals surface area contributed by atoms with Crippen LogP contribution in [0.4, 0.5) is 15.3 Å². The molecule has 1 heterocycles. The van der Waals surface area contributed by atoms with Gasteiger partial charge in [-0.05, 0) is 72.4 Å². The molecule has 2 amide bonds. The molecule has 1 aromatic heterocycles. The van der Waals surface area contributed by atoms with Crippen LogP contribution in [0.1, 0.15) is 70.0 Å². The van der Waals surface area contributed by atoms with Crippen LogP contribution < -0.4 is 15.8 Å². The van der Waals surface area contributed by atoms with E-state index in [0.717, 1.165) is 30.7 Å². The number of aryl methyl sites for hydroxylation is 1. The zero-order valence-corrected chi connectivity index (χ0v) is 22.8. The van der Waals surface area contributed by atoms with E-state index in [1.165, 1.54) is 17.4 Å². The first-order valence-electron chi connectivity index (χ1n) is 11.9. The van der Waals surface area contributed by atoms with Gasteiger partial charge < -0.3 is 14.8 Å². The largest absolute Gasteiger partial charge is 0.447 e. The van der Waals surface area contributed by atoms with Crippen molar-refractivity contribution in [1.29, 1.82) is 0 Å². The van der Waals surface area contributed by atoms with Gasteiger partial charge in [-0.1, -0.05) is 6.07 Å². The Morgan fingerprint density at radius 2 is 1.67 bits per heavy atom. The highest BCUT2D eigenvalue weighted by atomic mass is 32.2. The topological polar surface area (TPSA) is 150 Å². The van der Waals surface area contributed by atoms with Gasteiger partial charge in [-0.25, -0.2) is 28.1 Å². The number of rotatable bonds is 7. The molecule has 0 spiro atoms. The highest BCUT2D eigenvalue weighted by Crippen LogP contribution is 2.41. The number of alkyl carbamates (subject to hydrolysis) is 1. The molecule has 0 unspecified atom stereocenters. The first-order valence-corrected chi connectivity index (χ1v) is 14.3. The molecule has 1 aliphatic rings. The Hall–Kier alpha value is -2.70. The van der Waals surface area contributed by atoms with E-state index in [4.69, 9.17) is 19.6 Å². The van der Waals surface area contributed by atoms with Gasteiger partial charge in [0, 0.05) is 23.2 Å². The Bertz CT molecular complexity index is 1200. The van der Waals surface area contributed by atoms with E-state index in [2.05, 4.69) is 10.6 Å². The van der Waals surface area contributed by atoms with Crippen LogP contribution in [0, 0.1) is 6.92 Å². The lowest BCUT2D eigenvalue weighted by Crippen LogP contribution is -2.38. The second-order valence-corrected chi connectivity index (χ2v) is 12.0. The monoisotopic (exact) mass is 538 g/mol. The van der Waals surface area contributed by atoms with Crippen LogP contribution in [0.25, 0.3) is 10.4 Å². The Morgan fingerprint density at radius 3 is 2.25 bits per heavy atom. The van der Waals surface area contributed by atoms with Gasteiger partial charge in [0.2, 0.25) is 10.0 Å². The van der Waals surface area contributed by atoms with Gasteiger partial charge in [-0.2, -0.15) is 0 Å². The summed E-state index contributed by atoms with van der Waals surface area (Å²) in [6.07, 6.45) is 1.74. The minimum Gasteiger partial charge on any atom is -0.447 e. The Morgan fingerprint density at radius 1 is 1.06 bits per heavy atom. The van der Waals surface area contributed by atoms with Crippen molar-refractivity contribution in [3.8, 4) is 10.4 Å². The number of nitrogens with zero attached hydrogens (tertiary/aromatic N) is 1. The number of anilines is 1. The van der Waals surface area contributed by atoms with Gasteiger partial charge >= 0.3 is 12.2 Å². The van der Waals surface area contributed by atoms with Gasteiger partial charge in [0.25, 0.3) is 0 Å². The summed E-state index contributed by atoms with van der Waals surface area (Å²) in [6.45, 7) is 8.89. The van der Waals surface area contributed by atoms with E-state index in [1.807, 2.05) is 20.8 Å². The molecule has 1 fully saturated rings. The number of thiazole rings is 1. The number of ether oxygens (including phenoxy) is 2. The molecule has 36 heavy (non-hydrogen) atoms. The quantitative estimate of drug-likeness (QED) is 0.454. The number of carbonyl (C=O) groups is 2. The molecule has 2 aromatic rings. The number of nitrogens with one attached hydrogen (secondary N) is 2. The summed E-state index contributed by atoms with van der Waals surface area (Å²) in [5.41, 5.74) is 1.41. The lowest BCUT2D eigenvalue weighted by Gasteiger charge is -2.28. The Kier molecular flexibility index (Phi) is 8.96. The highest BCUT2D eigenvalue weighted by Gasteiger charge is 2.28. The fourth-order valence-electron chi connectivity index (χ4n) is 4.13. The van der Waals surface area contributed by atoms with Gasteiger partial charge in [0.15, 0.2) is 0 Å².